The minimum atomic E-state index is -0.0247. The lowest BCUT2D eigenvalue weighted by molar-refractivity contribution is -0.117. The van der Waals surface area contributed by atoms with Crippen molar-refractivity contribution in [1.29, 1.82) is 0 Å². The second-order valence-corrected chi connectivity index (χ2v) is 9.21. The molecule has 2 heterocycles. The summed E-state index contributed by atoms with van der Waals surface area (Å²) >= 11 is 2.01. The van der Waals surface area contributed by atoms with E-state index in [-0.39, 0.29) is 11.9 Å². The van der Waals surface area contributed by atoms with Crippen molar-refractivity contribution in [3.05, 3.63) is 29.8 Å². The Kier molecular flexibility index (Phi) is 6.18. The molecule has 3 atom stereocenters. The molecule has 3 unspecified atom stereocenters. The number of fused-ring (bicyclic) bond motifs is 1. The Morgan fingerprint density at radius 3 is 2.88 bits per heavy atom. The van der Waals surface area contributed by atoms with E-state index < -0.39 is 0 Å². The molecular weight excluding hydrogens is 344 g/mol. The molecule has 1 aromatic rings. The van der Waals surface area contributed by atoms with Gasteiger partial charge in [-0.25, -0.2) is 0 Å². The van der Waals surface area contributed by atoms with Gasteiger partial charge in [0.1, 0.15) is 0 Å². The molecular formula is C21H30N2O2S. The summed E-state index contributed by atoms with van der Waals surface area (Å²) in [5.74, 6) is 1.83. The van der Waals surface area contributed by atoms with E-state index >= 15 is 0 Å². The van der Waals surface area contributed by atoms with Crippen LogP contribution in [0.1, 0.15) is 50.5 Å². The Labute approximate surface area is 160 Å². The first kappa shape index (κ1) is 18.3. The maximum absolute atomic E-state index is 12.7. The van der Waals surface area contributed by atoms with Gasteiger partial charge < -0.3 is 15.4 Å². The molecule has 0 spiro atoms. The van der Waals surface area contributed by atoms with E-state index in [2.05, 4.69) is 28.8 Å². The van der Waals surface area contributed by atoms with Crippen molar-refractivity contribution in [3.63, 3.8) is 0 Å². The zero-order chi connectivity index (χ0) is 17.8. The topological polar surface area (TPSA) is 50.4 Å². The van der Waals surface area contributed by atoms with Crippen LogP contribution in [0.3, 0.4) is 0 Å². The second-order valence-electron chi connectivity index (χ2n) is 7.92. The molecule has 1 saturated carbocycles. The molecule has 0 radical (unpaired) electrons. The van der Waals surface area contributed by atoms with Gasteiger partial charge in [-0.2, -0.15) is 11.8 Å². The van der Waals surface area contributed by atoms with E-state index in [1.54, 1.807) is 0 Å². The smallest absolute Gasteiger partial charge is 0.241 e. The van der Waals surface area contributed by atoms with E-state index in [0.717, 1.165) is 43.9 Å². The lowest BCUT2D eigenvalue weighted by atomic mass is 9.85. The molecule has 4 rings (SSSR count). The lowest BCUT2D eigenvalue weighted by Crippen LogP contribution is -2.39. The summed E-state index contributed by atoms with van der Waals surface area (Å²) in [4.78, 5) is 12.7. The Morgan fingerprint density at radius 2 is 2.04 bits per heavy atom. The third kappa shape index (κ3) is 4.62. The van der Waals surface area contributed by atoms with Gasteiger partial charge in [-0.3, -0.25) is 4.79 Å². The van der Waals surface area contributed by atoms with E-state index in [9.17, 15) is 4.79 Å². The normalized spacial score (nSPS) is 29.3. The number of anilines is 1. The number of benzene rings is 1. The van der Waals surface area contributed by atoms with E-state index in [1.807, 2.05) is 17.8 Å². The number of hydrogen-bond donors (Lipinski definition) is 2. The minimum absolute atomic E-state index is 0.0247. The van der Waals surface area contributed by atoms with Gasteiger partial charge in [-0.1, -0.05) is 25.0 Å². The fourth-order valence-corrected chi connectivity index (χ4v) is 5.68. The highest BCUT2D eigenvalue weighted by atomic mass is 32.2. The molecule has 1 amide bonds. The quantitative estimate of drug-likeness (QED) is 0.819. The molecule has 3 aliphatic rings. The summed E-state index contributed by atoms with van der Waals surface area (Å²) in [6.07, 6.45) is 8.43. The average Bonchev–Trinajstić information content (AvgIpc) is 3.12. The fraction of sp³-hybridized carbons (Fsp3) is 0.667. The van der Waals surface area contributed by atoms with Gasteiger partial charge in [-0.05, 0) is 55.7 Å². The molecule has 26 heavy (non-hydrogen) atoms. The molecule has 2 N–H and O–H groups in total. The molecule has 142 valence electrons. The first-order valence-electron chi connectivity index (χ1n) is 10.1. The van der Waals surface area contributed by atoms with Crippen LogP contribution in [0.5, 0.6) is 0 Å². The van der Waals surface area contributed by atoms with Gasteiger partial charge in [0.25, 0.3) is 0 Å². The molecule has 2 aliphatic heterocycles. The van der Waals surface area contributed by atoms with Crippen LogP contribution in [0.2, 0.25) is 0 Å². The molecule has 0 aromatic heterocycles. The fourth-order valence-electron chi connectivity index (χ4n) is 4.55. The highest BCUT2D eigenvalue weighted by Crippen LogP contribution is 2.33. The van der Waals surface area contributed by atoms with Crippen LogP contribution >= 0.6 is 11.8 Å². The van der Waals surface area contributed by atoms with E-state index in [0.29, 0.717) is 17.2 Å². The minimum Gasteiger partial charge on any atom is -0.381 e. The van der Waals surface area contributed by atoms with Crippen LogP contribution in [0, 0.1) is 5.92 Å². The summed E-state index contributed by atoms with van der Waals surface area (Å²) in [6.45, 7) is 1.79. The Balaban J connectivity index is 1.29. The largest absolute Gasteiger partial charge is 0.381 e. The van der Waals surface area contributed by atoms with Crippen molar-refractivity contribution in [1.82, 2.24) is 5.32 Å². The van der Waals surface area contributed by atoms with Gasteiger partial charge in [0.15, 0.2) is 0 Å². The predicted octanol–water partition coefficient (Wildman–Crippen LogP) is 3.96. The highest BCUT2D eigenvalue weighted by Gasteiger charge is 2.38. The number of ether oxygens (including phenoxy) is 1. The third-order valence-corrected chi connectivity index (χ3v) is 7.47. The first-order valence-corrected chi connectivity index (χ1v) is 11.2. The molecule has 3 fully saturated rings. The van der Waals surface area contributed by atoms with Crippen LogP contribution in [0.15, 0.2) is 24.3 Å². The van der Waals surface area contributed by atoms with Crippen LogP contribution in [0.25, 0.3) is 0 Å². The summed E-state index contributed by atoms with van der Waals surface area (Å²) < 4.78 is 5.43. The maximum atomic E-state index is 12.7. The molecule has 5 heteroatoms. The number of carbonyl (C=O) groups excluding carboxylic acids is 1. The predicted molar refractivity (Wildman–Crippen MR) is 107 cm³/mol. The Hall–Kier alpha value is -1.04. The van der Waals surface area contributed by atoms with Crippen molar-refractivity contribution in [2.75, 3.05) is 18.5 Å². The Morgan fingerprint density at radius 1 is 1.19 bits per heavy atom. The maximum Gasteiger partial charge on any atom is 0.241 e. The van der Waals surface area contributed by atoms with Crippen LogP contribution in [0.4, 0.5) is 5.69 Å². The molecule has 2 saturated heterocycles. The van der Waals surface area contributed by atoms with Crippen LogP contribution in [-0.4, -0.2) is 36.5 Å². The van der Waals surface area contributed by atoms with Gasteiger partial charge >= 0.3 is 0 Å². The van der Waals surface area contributed by atoms with Crippen molar-refractivity contribution in [2.24, 2.45) is 5.92 Å². The van der Waals surface area contributed by atoms with Gasteiger partial charge in [0.05, 0.1) is 6.04 Å². The van der Waals surface area contributed by atoms with Crippen molar-refractivity contribution < 1.29 is 9.53 Å². The van der Waals surface area contributed by atoms with Crippen LogP contribution in [-0.2, 0) is 15.3 Å². The van der Waals surface area contributed by atoms with Crippen LogP contribution < -0.4 is 10.6 Å². The standard InChI is InChI=1S/C21H30N2O2S/c24-21(20-13-16-5-1-2-7-19(16)23-20)22-17-6-3-4-15(12-17)14-26-18-8-10-25-11-9-18/h3-4,6,12,16,18-20,23H,1-2,5,7-11,13-14H2,(H,22,24). The second kappa shape index (κ2) is 8.77. The summed E-state index contributed by atoms with van der Waals surface area (Å²) in [6, 6.07) is 8.88. The average molecular weight is 375 g/mol. The van der Waals surface area contributed by atoms with Gasteiger partial charge in [-0.15, -0.1) is 0 Å². The lowest BCUT2D eigenvalue weighted by Gasteiger charge is -2.24. The summed E-state index contributed by atoms with van der Waals surface area (Å²) in [7, 11) is 0. The summed E-state index contributed by atoms with van der Waals surface area (Å²) in [5.41, 5.74) is 2.21. The number of amides is 1. The van der Waals surface area contributed by atoms with Crippen molar-refractivity contribution >= 4 is 23.4 Å². The number of thioether (sulfide) groups is 1. The van der Waals surface area contributed by atoms with Crippen molar-refractivity contribution in [3.8, 4) is 0 Å². The highest BCUT2D eigenvalue weighted by molar-refractivity contribution is 7.99. The molecule has 1 aliphatic carbocycles. The van der Waals surface area contributed by atoms with Gasteiger partial charge in [0.2, 0.25) is 5.91 Å². The zero-order valence-electron chi connectivity index (χ0n) is 15.4. The Bertz CT molecular complexity index is 604. The molecule has 0 bridgehead atoms. The molecule has 4 nitrogen and oxygen atoms in total. The van der Waals surface area contributed by atoms with E-state index in [1.165, 1.54) is 31.2 Å². The third-order valence-electron chi connectivity index (χ3n) is 6.03. The summed E-state index contributed by atoms with van der Waals surface area (Å²) in [5, 5.41) is 7.41. The SMILES string of the molecule is O=C(Nc1cccc(CSC2CCOCC2)c1)C1CC2CCCCC2N1. The number of rotatable bonds is 5. The number of carbonyl (C=O) groups is 1. The zero-order valence-corrected chi connectivity index (χ0v) is 16.2. The molecule has 1 aromatic carbocycles. The first-order chi connectivity index (χ1) is 12.8. The monoisotopic (exact) mass is 374 g/mol. The number of nitrogens with one attached hydrogen (secondary N) is 2. The number of hydrogen-bond acceptors (Lipinski definition) is 4. The van der Waals surface area contributed by atoms with E-state index in [4.69, 9.17) is 4.74 Å². The van der Waals surface area contributed by atoms with Gasteiger partial charge in [0, 0.05) is 35.9 Å². The van der Waals surface area contributed by atoms with Crippen molar-refractivity contribution in [2.45, 2.75) is 68.0 Å².